The van der Waals surface area contributed by atoms with Crippen LogP contribution in [0.15, 0.2) is 36.4 Å². The summed E-state index contributed by atoms with van der Waals surface area (Å²) in [5.74, 6) is 5.14. The Morgan fingerprint density at radius 1 is 1.29 bits per heavy atom. The second-order valence-corrected chi connectivity index (χ2v) is 4.73. The van der Waals surface area contributed by atoms with E-state index in [1.54, 1.807) is 0 Å². The highest BCUT2D eigenvalue weighted by atomic mass is 16.6. The molecule has 0 spiro atoms. The number of nitrogens with one attached hydrogen (secondary N) is 1. The van der Waals surface area contributed by atoms with Gasteiger partial charge in [0, 0.05) is 16.7 Å². The van der Waals surface area contributed by atoms with Crippen molar-refractivity contribution < 1.29 is 4.84 Å². The van der Waals surface area contributed by atoms with Crippen molar-refractivity contribution in [3.05, 3.63) is 42.1 Å². The van der Waals surface area contributed by atoms with E-state index in [-0.39, 0.29) is 5.41 Å². The van der Waals surface area contributed by atoms with E-state index < -0.39 is 0 Å². The van der Waals surface area contributed by atoms with Gasteiger partial charge >= 0.3 is 0 Å². The molecule has 0 fully saturated rings. The highest BCUT2D eigenvalue weighted by Gasteiger charge is 2.23. The van der Waals surface area contributed by atoms with E-state index in [1.165, 1.54) is 0 Å². The second kappa shape index (κ2) is 4.69. The molecule has 0 unspecified atom stereocenters. The predicted molar refractivity (Wildman–Crippen MR) is 67.2 cm³/mol. The van der Waals surface area contributed by atoms with Crippen molar-refractivity contribution in [3.8, 4) is 11.3 Å². The summed E-state index contributed by atoms with van der Waals surface area (Å²) in [6.07, 6.45) is 0. The van der Waals surface area contributed by atoms with Crippen molar-refractivity contribution in [1.82, 2.24) is 10.2 Å². The third-order valence-corrected chi connectivity index (χ3v) is 2.82. The van der Waals surface area contributed by atoms with Crippen LogP contribution in [0.3, 0.4) is 0 Å². The largest absolute Gasteiger partial charge is 0.304 e. The van der Waals surface area contributed by atoms with Crippen LogP contribution in [0, 0.1) is 0 Å². The molecule has 3 N–H and O–H groups in total. The van der Waals surface area contributed by atoms with Gasteiger partial charge in [-0.3, -0.25) is 5.10 Å². The maximum Gasteiger partial charge on any atom is 0.0923 e. The molecule has 90 valence electrons. The molecule has 1 aromatic heterocycles. The van der Waals surface area contributed by atoms with Gasteiger partial charge in [-0.05, 0) is 6.07 Å². The Morgan fingerprint density at radius 3 is 2.65 bits per heavy atom. The fourth-order valence-corrected chi connectivity index (χ4v) is 1.71. The SMILES string of the molecule is CC(C)(CON)c1cc(-c2ccccc2)n[nH]1. The second-order valence-electron chi connectivity index (χ2n) is 4.73. The summed E-state index contributed by atoms with van der Waals surface area (Å²) in [6, 6.07) is 12.1. The number of nitrogens with two attached hydrogens (primary N) is 1. The zero-order chi connectivity index (χ0) is 12.3. The number of hydrogen-bond donors (Lipinski definition) is 2. The molecule has 0 saturated carbocycles. The summed E-state index contributed by atoms with van der Waals surface area (Å²) in [5, 5.41) is 7.36. The molecule has 1 aromatic carbocycles. The topological polar surface area (TPSA) is 63.9 Å². The first-order chi connectivity index (χ1) is 8.13. The zero-order valence-electron chi connectivity index (χ0n) is 10.1. The molecule has 2 aromatic rings. The molecule has 4 heteroatoms. The first kappa shape index (κ1) is 11.8. The minimum absolute atomic E-state index is 0.172. The standard InChI is InChI=1S/C13H17N3O/c1-13(2,9-17-14)12-8-11(15-16-12)10-6-4-3-5-7-10/h3-8H,9,14H2,1-2H3,(H,15,16). The Kier molecular flexibility index (Phi) is 3.26. The molecule has 0 bridgehead atoms. The zero-order valence-corrected chi connectivity index (χ0v) is 10.1. The molecular formula is C13H17N3O. The van der Waals surface area contributed by atoms with Crippen molar-refractivity contribution in [2.75, 3.05) is 6.61 Å². The lowest BCUT2D eigenvalue weighted by Crippen LogP contribution is -2.26. The maximum atomic E-state index is 5.14. The molecule has 0 saturated heterocycles. The van der Waals surface area contributed by atoms with Gasteiger partial charge in [-0.25, -0.2) is 5.90 Å². The predicted octanol–water partition coefficient (Wildman–Crippen LogP) is 2.24. The van der Waals surface area contributed by atoms with Gasteiger partial charge in [0.2, 0.25) is 0 Å². The van der Waals surface area contributed by atoms with Crippen molar-refractivity contribution in [2.24, 2.45) is 5.90 Å². The summed E-state index contributed by atoms with van der Waals surface area (Å²) in [4.78, 5) is 4.73. The fraction of sp³-hybridized carbons (Fsp3) is 0.308. The first-order valence-corrected chi connectivity index (χ1v) is 5.56. The molecule has 1 heterocycles. The Morgan fingerprint density at radius 2 is 2.00 bits per heavy atom. The van der Waals surface area contributed by atoms with Gasteiger partial charge in [-0.15, -0.1) is 0 Å². The molecule has 0 aliphatic heterocycles. The van der Waals surface area contributed by atoms with Gasteiger partial charge < -0.3 is 4.84 Å². The average molecular weight is 231 g/mol. The Balaban J connectivity index is 2.28. The molecule has 2 rings (SSSR count). The lowest BCUT2D eigenvalue weighted by Gasteiger charge is -2.20. The molecule has 0 aliphatic rings. The molecule has 0 radical (unpaired) electrons. The Bertz CT molecular complexity index is 476. The number of rotatable bonds is 4. The van der Waals surface area contributed by atoms with E-state index in [0.717, 1.165) is 17.0 Å². The van der Waals surface area contributed by atoms with Crippen LogP contribution in [0.4, 0.5) is 0 Å². The van der Waals surface area contributed by atoms with E-state index in [2.05, 4.69) is 24.0 Å². The lowest BCUT2D eigenvalue weighted by atomic mass is 9.90. The van der Waals surface area contributed by atoms with E-state index in [1.807, 2.05) is 36.4 Å². The van der Waals surface area contributed by atoms with Crippen molar-refractivity contribution in [1.29, 1.82) is 0 Å². The quantitative estimate of drug-likeness (QED) is 0.793. The van der Waals surface area contributed by atoms with E-state index in [4.69, 9.17) is 10.7 Å². The van der Waals surface area contributed by atoms with Crippen LogP contribution < -0.4 is 5.90 Å². The normalized spacial score (nSPS) is 11.7. The number of H-pyrrole nitrogens is 1. The third kappa shape index (κ3) is 2.54. The minimum atomic E-state index is -0.172. The average Bonchev–Trinajstić information content (AvgIpc) is 2.80. The van der Waals surface area contributed by atoms with Crippen molar-refractivity contribution in [2.45, 2.75) is 19.3 Å². The lowest BCUT2D eigenvalue weighted by molar-refractivity contribution is 0.0949. The van der Waals surface area contributed by atoms with E-state index in [0.29, 0.717) is 6.61 Å². The smallest absolute Gasteiger partial charge is 0.0923 e. The maximum absolute atomic E-state index is 5.14. The van der Waals surface area contributed by atoms with Crippen molar-refractivity contribution in [3.63, 3.8) is 0 Å². The van der Waals surface area contributed by atoms with Gasteiger partial charge in [-0.2, -0.15) is 5.10 Å². The fourth-order valence-electron chi connectivity index (χ4n) is 1.71. The summed E-state index contributed by atoms with van der Waals surface area (Å²) < 4.78 is 0. The number of nitrogens with zero attached hydrogens (tertiary/aromatic N) is 1. The van der Waals surface area contributed by atoms with Crippen LogP contribution in [-0.2, 0) is 10.3 Å². The number of hydrogen-bond acceptors (Lipinski definition) is 3. The highest BCUT2D eigenvalue weighted by molar-refractivity contribution is 5.59. The van der Waals surface area contributed by atoms with Crippen LogP contribution in [0.1, 0.15) is 19.5 Å². The summed E-state index contributed by atoms with van der Waals surface area (Å²) in [6.45, 7) is 4.56. The van der Waals surface area contributed by atoms with Crippen LogP contribution in [0.5, 0.6) is 0 Å². The monoisotopic (exact) mass is 231 g/mol. The number of benzene rings is 1. The molecule has 17 heavy (non-hydrogen) atoms. The summed E-state index contributed by atoms with van der Waals surface area (Å²) >= 11 is 0. The number of aromatic amines is 1. The molecule has 0 aliphatic carbocycles. The Labute approximate surface area is 101 Å². The van der Waals surface area contributed by atoms with Crippen molar-refractivity contribution >= 4 is 0 Å². The summed E-state index contributed by atoms with van der Waals surface area (Å²) in [5.41, 5.74) is 2.88. The van der Waals surface area contributed by atoms with Gasteiger partial charge in [-0.1, -0.05) is 44.2 Å². The first-order valence-electron chi connectivity index (χ1n) is 5.56. The Hall–Kier alpha value is -1.65. The van der Waals surface area contributed by atoms with Gasteiger partial charge in [0.05, 0.1) is 12.3 Å². The van der Waals surface area contributed by atoms with Crippen LogP contribution in [0.2, 0.25) is 0 Å². The summed E-state index contributed by atoms with van der Waals surface area (Å²) in [7, 11) is 0. The molecule has 4 nitrogen and oxygen atoms in total. The van der Waals surface area contributed by atoms with Gasteiger partial charge in [0.25, 0.3) is 0 Å². The van der Waals surface area contributed by atoms with E-state index in [9.17, 15) is 0 Å². The minimum Gasteiger partial charge on any atom is -0.304 e. The van der Waals surface area contributed by atoms with Crippen LogP contribution in [0.25, 0.3) is 11.3 Å². The van der Waals surface area contributed by atoms with Gasteiger partial charge in [0.15, 0.2) is 0 Å². The van der Waals surface area contributed by atoms with Gasteiger partial charge in [0.1, 0.15) is 0 Å². The van der Waals surface area contributed by atoms with Crippen LogP contribution in [-0.4, -0.2) is 16.8 Å². The molecule has 0 atom stereocenters. The third-order valence-electron chi connectivity index (χ3n) is 2.82. The molecule has 0 amide bonds. The van der Waals surface area contributed by atoms with E-state index >= 15 is 0 Å². The molecular weight excluding hydrogens is 214 g/mol. The van der Waals surface area contributed by atoms with Crippen LogP contribution >= 0.6 is 0 Å². The highest BCUT2D eigenvalue weighted by Crippen LogP contribution is 2.25. The number of aromatic nitrogens is 2.